The molecule has 0 saturated carbocycles. The van der Waals surface area contributed by atoms with Crippen LogP contribution in [0.4, 0.5) is 11.4 Å². The van der Waals surface area contributed by atoms with Crippen molar-refractivity contribution in [2.45, 2.75) is 11.8 Å². The van der Waals surface area contributed by atoms with Crippen LogP contribution in [-0.4, -0.2) is 18.4 Å². The van der Waals surface area contributed by atoms with Crippen LogP contribution >= 0.6 is 23.4 Å². The van der Waals surface area contributed by atoms with Crippen molar-refractivity contribution < 1.29 is 9.59 Å². The molecule has 1 unspecified atom stereocenters. The summed E-state index contributed by atoms with van der Waals surface area (Å²) < 4.78 is 0. The zero-order valence-corrected chi connectivity index (χ0v) is 15.1. The summed E-state index contributed by atoms with van der Waals surface area (Å²) in [6.07, 6.45) is 1.50. The van der Waals surface area contributed by atoms with Crippen LogP contribution in [0, 0.1) is 0 Å². The second-order valence-electron chi connectivity index (χ2n) is 5.78. The minimum atomic E-state index is -1.12. The van der Waals surface area contributed by atoms with Crippen LogP contribution in [0.1, 0.15) is 12.5 Å². The molecule has 0 fully saturated rings. The van der Waals surface area contributed by atoms with Gasteiger partial charge in [0.25, 0.3) is 11.8 Å². The minimum absolute atomic E-state index is 0.103. The Morgan fingerprint density at radius 2 is 1.80 bits per heavy atom. The Balaban J connectivity index is 1.97. The lowest BCUT2D eigenvalue weighted by atomic mass is 10.0. The summed E-state index contributed by atoms with van der Waals surface area (Å²) in [7, 11) is 0. The highest BCUT2D eigenvalue weighted by Gasteiger charge is 2.57. The highest BCUT2D eigenvalue weighted by atomic mass is 35.5. The molecule has 2 heterocycles. The molecule has 0 bridgehead atoms. The zero-order chi connectivity index (χ0) is 17.6. The zero-order valence-electron chi connectivity index (χ0n) is 13.5. The molecule has 2 aliphatic heterocycles. The lowest BCUT2D eigenvalue weighted by Crippen LogP contribution is -2.54. The molecule has 4 nitrogen and oxygen atoms in total. The molecule has 0 radical (unpaired) electrons. The summed E-state index contributed by atoms with van der Waals surface area (Å²) >= 11 is 7.35. The molecule has 2 aromatic rings. The summed E-state index contributed by atoms with van der Waals surface area (Å²) in [5, 5.41) is 2.29. The van der Waals surface area contributed by atoms with Gasteiger partial charge in [-0.25, -0.2) is 0 Å². The number of thioether (sulfide) groups is 1. The Labute approximate surface area is 155 Å². The van der Waals surface area contributed by atoms with Crippen molar-refractivity contribution in [1.29, 1.82) is 0 Å². The van der Waals surface area contributed by atoms with E-state index in [1.807, 2.05) is 31.2 Å². The maximum Gasteiger partial charge on any atom is 0.269 e. The van der Waals surface area contributed by atoms with Gasteiger partial charge in [0.05, 0.1) is 5.69 Å². The number of fused-ring (bicyclic) bond motifs is 2. The van der Waals surface area contributed by atoms with Crippen molar-refractivity contribution in [3.05, 3.63) is 70.6 Å². The van der Waals surface area contributed by atoms with Gasteiger partial charge in [-0.3, -0.25) is 14.5 Å². The first kappa shape index (κ1) is 16.2. The van der Waals surface area contributed by atoms with Crippen molar-refractivity contribution >= 4 is 46.6 Å². The van der Waals surface area contributed by atoms with Gasteiger partial charge in [-0.2, -0.15) is 0 Å². The molecule has 126 valence electrons. The van der Waals surface area contributed by atoms with Gasteiger partial charge in [0, 0.05) is 28.9 Å². The predicted octanol–water partition coefficient (Wildman–Crippen LogP) is 4.15. The molecular formula is C19H15ClN2O2S. The number of anilines is 2. The monoisotopic (exact) mass is 370 g/mol. The van der Waals surface area contributed by atoms with Gasteiger partial charge in [-0.15, -0.1) is 0 Å². The Hall–Kier alpha value is -2.24. The molecule has 2 aromatic carbocycles. The fraction of sp³-hybridized carbons (Fsp3) is 0.158. The molecule has 25 heavy (non-hydrogen) atoms. The topological polar surface area (TPSA) is 40.6 Å². The van der Waals surface area contributed by atoms with Gasteiger partial charge in [0.2, 0.25) is 4.87 Å². The molecule has 2 amide bonds. The van der Waals surface area contributed by atoms with E-state index in [2.05, 4.69) is 0 Å². The second kappa shape index (κ2) is 5.93. The second-order valence-corrected chi connectivity index (χ2v) is 7.32. The van der Waals surface area contributed by atoms with Crippen LogP contribution in [0.2, 0.25) is 5.02 Å². The summed E-state index contributed by atoms with van der Waals surface area (Å²) in [6.45, 7) is 2.48. The molecule has 0 aliphatic carbocycles. The third kappa shape index (κ3) is 2.23. The fourth-order valence-electron chi connectivity index (χ4n) is 3.42. The van der Waals surface area contributed by atoms with Gasteiger partial charge in [0.1, 0.15) is 0 Å². The molecule has 6 heteroatoms. The highest BCUT2D eigenvalue weighted by Crippen LogP contribution is 2.54. The lowest BCUT2D eigenvalue weighted by molar-refractivity contribution is -0.123. The van der Waals surface area contributed by atoms with Gasteiger partial charge in [0.15, 0.2) is 0 Å². The van der Waals surface area contributed by atoms with E-state index in [1.165, 1.54) is 17.8 Å². The quantitative estimate of drug-likeness (QED) is 0.797. The average molecular weight is 371 g/mol. The van der Waals surface area contributed by atoms with E-state index in [1.54, 1.807) is 39.5 Å². The van der Waals surface area contributed by atoms with E-state index >= 15 is 0 Å². The molecule has 2 aliphatic rings. The smallest absolute Gasteiger partial charge is 0.269 e. The highest BCUT2D eigenvalue weighted by molar-refractivity contribution is 8.04. The van der Waals surface area contributed by atoms with Crippen molar-refractivity contribution in [2.24, 2.45) is 0 Å². The Morgan fingerprint density at radius 1 is 1.08 bits per heavy atom. The van der Waals surface area contributed by atoms with Gasteiger partial charge < -0.3 is 4.90 Å². The maximum atomic E-state index is 13.4. The number of rotatable bonds is 2. The Morgan fingerprint density at radius 3 is 2.52 bits per heavy atom. The minimum Gasteiger partial charge on any atom is -0.309 e. The molecule has 1 atom stereocenters. The maximum absolute atomic E-state index is 13.4. The van der Waals surface area contributed by atoms with E-state index in [-0.39, 0.29) is 11.8 Å². The van der Waals surface area contributed by atoms with Crippen molar-refractivity contribution in [1.82, 2.24) is 0 Å². The summed E-state index contributed by atoms with van der Waals surface area (Å²) in [5.74, 6) is -0.323. The van der Waals surface area contributed by atoms with Gasteiger partial charge in [-0.1, -0.05) is 41.6 Å². The first-order valence-corrected chi connectivity index (χ1v) is 9.21. The number of hydrogen-bond acceptors (Lipinski definition) is 3. The third-order valence-electron chi connectivity index (χ3n) is 4.48. The van der Waals surface area contributed by atoms with E-state index in [4.69, 9.17) is 11.6 Å². The molecule has 4 rings (SSSR count). The number of para-hydroxylation sites is 1. The third-order valence-corrected chi connectivity index (χ3v) is 5.92. The largest absolute Gasteiger partial charge is 0.309 e. The number of carbonyl (C=O) groups is 2. The van der Waals surface area contributed by atoms with Gasteiger partial charge >= 0.3 is 0 Å². The number of nitrogens with zero attached hydrogens (tertiary/aromatic N) is 2. The fourth-order valence-corrected chi connectivity index (χ4v) is 4.74. The number of carbonyl (C=O) groups excluding carboxylic acids is 2. The summed E-state index contributed by atoms with van der Waals surface area (Å²) in [4.78, 5) is 28.4. The van der Waals surface area contributed by atoms with Crippen LogP contribution in [0.3, 0.4) is 0 Å². The van der Waals surface area contributed by atoms with Crippen LogP contribution in [0.15, 0.2) is 60.0 Å². The Bertz CT molecular complexity index is 897. The van der Waals surface area contributed by atoms with Crippen molar-refractivity contribution in [3.8, 4) is 0 Å². The summed E-state index contributed by atoms with van der Waals surface area (Å²) in [5.41, 5.74) is 2.33. The molecule has 1 spiro atoms. The van der Waals surface area contributed by atoms with Crippen molar-refractivity contribution in [3.63, 3.8) is 0 Å². The molecule has 0 N–H and O–H groups in total. The lowest BCUT2D eigenvalue weighted by Gasteiger charge is -2.40. The van der Waals surface area contributed by atoms with E-state index in [0.717, 1.165) is 11.3 Å². The number of benzene rings is 2. The average Bonchev–Trinajstić information content (AvgIpc) is 2.85. The molecule has 0 aromatic heterocycles. The summed E-state index contributed by atoms with van der Waals surface area (Å²) in [6, 6.07) is 14.6. The number of amides is 2. The van der Waals surface area contributed by atoms with E-state index in [0.29, 0.717) is 17.3 Å². The number of likely N-dealkylation sites (N-methyl/N-ethyl adjacent to an activating group) is 1. The van der Waals surface area contributed by atoms with E-state index < -0.39 is 4.87 Å². The SMILES string of the molecule is CCN1C(=O)C2(SC=CC(=O)N2c2ccc(Cl)cc2)c2ccccc21. The first-order chi connectivity index (χ1) is 12.1. The number of halogens is 1. The van der Waals surface area contributed by atoms with E-state index in [9.17, 15) is 9.59 Å². The normalized spacial score (nSPS) is 22.0. The molecule has 0 saturated heterocycles. The Kier molecular flexibility index (Phi) is 3.85. The van der Waals surface area contributed by atoms with Crippen LogP contribution in [0.25, 0.3) is 0 Å². The van der Waals surface area contributed by atoms with Gasteiger partial charge in [-0.05, 0) is 42.7 Å². The van der Waals surface area contributed by atoms with Crippen LogP contribution in [-0.2, 0) is 14.5 Å². The first-order valence-electron chi connectivity index (χ1n) is 7.95. The predicted molar refractivity (Wildman–Crippen MR) is 102 cm³/mol. The van der Waals surface area contributed by atoms with Crippen LogP contribution < -0.4 is 9.80 Å². The molecular weight excluding hydrogens is 356 g/mol. The van der Waals surface area contributed by atoms with Crippen LogP contribution in [0.5, 0.6) is 0 Å². The van der Waals surface area contributed by atoms with Crippen molar-refractivity contribution in [2.75, 3.05) is 16.3 Å². The standard InChI is InChI=1S/C19H15ClN2O2S/c1-2-21-16-6-4-3-5-15(16)19(18(21)24)22(17(23)11-12-25-19)14-9-7-13(20)8-10-14/h3-12H,2H2,1H3. The number of hydrogen-bond donors (Lipinski definition) is 0.